The molecule has 0 heterocycles. The molecular weight excluding hydrogens is 396 g/mol. The molecule has 1 nitrogen and oxygen atoms in total. The van der Waals surface area contributed by atoms with E-state index in [9.17, 15) is 4.39 Å². The molecule has 0 saturated carbocycles. The fraction of sp³-hybridized carbons (Fsp3) is 0.538. The smallest absolute Gasteiger partial charge is 0.127 e. The van der Waals surface area contributed by atoms with Crippen molar-refractivity contribution in [1.82, 2.24) is 5.32 Å². The topological polar surface area (TPSA) is 12.0 Å². The van der Waals surface area contributed by atoms with Crippen LogP contribution in [0.25, 0.3) is 0 Å². The zero-order valence-electron chi connectivity index (χ0n) is 9.82. The van der Waals surface area contributed by atoms with Gasteiger partial charge in [0.05, 0.1) is 0 Å². The standard InChI is InChI=1S/C13H18BrFIN/c14-12-5-6-13(15)11(9-12)10-17-8-4-2-1-3-7-16/h5-6,9,17H,1-4,7-8,10H2. The van der Waals surface area contributed by atoms with Crippen LogP contribution in [0, 0.1) is 5.82 Å². The molecule has 0 saturated heterocycles. The molecule has 0 aromatic heterocycles. The summed E-state index contributed by atoms with van der Waals surface area (Å²) in [4.78, 5) is 0. The summed E-state index contributed by atoms with van der Waals surface area (Å²) in [5, 5.41) is 3.28. The first-order valence-corrected chi connectivity index (χ1v) is 8.26. The lowest BCUT2D eigenvalue weighted by Gasteiger charge is -2.06. The monoisotopic (exact) mass is 413 g/mol. The second kappa shape index (κ2) is 9.28. The van der Waals surface area contributed by atoms with Crippen molar-refractivity contribution in [3.05, 3.63) is 34.1 Å². The first kappa shape index (κ1) is 15.4. The van der Waals surface area contributed by atoms with Crippen LogP contribution in [0.5, 0.6) is 0 Å². The van der Waals surface area contributed by atoms with Crippen molar-refractivity contribution in [2.75, 3.05) is 11.0 Å². The van der Waals surface area contributed by atoms with E-state index in [0.29, 0.717) is 6.54 Å². The highest BCUT2D eigenvalue weighted by molar-refractivity contribution is 14.1. The van der Waals surface area contributed by atoms with Gasteiger partial charge in [-0.05, 0) is 42.0 Å². The summed E-state index contributed by atoms with van der Waals surface area (Å²) in [6, 6.07) is 5.06. The number of unbranched alkanes of at least 4 members (excludes halogenated alkanes) is 3. The fourth-order valence-corrected chi connectivity index (χ4v) is 2.55. The third-order valence-corrected chi connectivity index (χ3v) is 3.82. The molecule has 1 aromatic rings. The van der Waals surface area contributed by atoms with Crippen LogP contribution in [-0.2, 0) is 6.54 Å². The minimum absolute atomic E-state index is 0.134. The molecule has 96 valence electrons. The Labute approximate surface area is 125 Å². The minimum Gasteiger partial charge on any atom is -0.313 e. The van der Waals surface area contributed by atoms with Gasteiger partial charge in [0.1, 0.15) is 5.82 Å². The van der Waals surface area contributed by atoms with Gasteiger partial charge in [-0.3, -0.25) is 0 Å². The van der Waals surface area contributed by atoms with Crippen LogP contribution >= 0.6 is 38.5 Å². The van der Waals surface area contributed by atoms with Gasteiger partial charge >= 0.3 is 0 Å². The maximum absolute atomic E-state index is 13.4. The molecule has 0 unspecified atom stereocenters. The van der Waals surface area contributed by atoms with Gasteiger partial charge in [-0.25, -0.2) is 4.39 Å². The number of alkyl halides is 1. The van der Waals surface area contributed by atoms with Crippen molar-refractivity contribution in [1.29, 1.82) is 0 Å². The number of hydrogen-bond donors (Lipinski definition) is 1. The predicted octanol–water partition coefficient (Wildman–Crippen LogP) is 4.67. The summed E-state index contributed by atoms with van der Waals surface area (Å²) < 4.78 is 15.6. The second-order valence-corrected chi connectivity index (χ2v) is 6.01. The molecule has 0 aliphatic rings. The Bertz CT molecular complexity index is 333. The zero-order chi connectivity index (χ0) is 12.5. The Kier molecular flexibility index (Phi) is 8.39. The Balaban J connectivity index is 2.15. The molecule has 0 bridgehead atoms. The summed E-state index contributed by atoms with van der Waals surface area (Å²) >= 11 is 5.76. The summed E-state index contributed by atoms with van der Waals surface area (Å²) in [5.74, 6) is -0.134. The van der Waals surface area contributed by atoms with Gasteiger partial charge in [0.25, 0.3) is 0 Å². The Morgan fingerprint density at radius 3 is 2.71 bits per heavy atom. The quantitative estimate of drug-likeness (QED) is 0.371. The van der Waals surface area contributed by atoms with Gasteiger partial charge in [0, 0.05) is 16.6 Å². The van der Waals surface area contributed by atoms with Gasteiger partial charge in [-0.1, -0.05) is 51.4 Å². The minimum atomic E-state index is -0.134. The molecule has 0 amide bonds. The van der Waals surface area contributed by atoms with E-state index in [1.807, 2.05) is 6.07 Å². The molecule has 0 radical (unpaired) electrons. The molecule has 0 spiro atoms. The Morgan fingerprint density at radius 1 is 1.18 bits per heavy atom. The van der Waals surface area contributed by atoms with Crippen molar-refractivity contribution >= 4 is 38.5 Å². The summed E-state index contributed by atoms with van der Waals surface area (Å²) in [6.45, 7) is 1.57. The van der Waals surface area contributed by atoms with Crippen LogP contribution < -0.4 is 5.32 Å². The fourth-order valence-electron chi connectivity index (χ4n) is 1.60. The van der Waals surface area contributed by atoms with Crippen molar-refractivity contribution in [3.63, 3.8) is 0 Å². The molecule has 1 aromatic carbocycles. The van der Waals surface area contributed by atoms with Gasteiger partial charge in [-0.15, -0.1) is 0 Å². The molecule has 0 aliphatic heterocycles. The average Bonchev–Trinajstić information content (AvgIpc) is 2.32. The van der Waals surface area contributed by atoms with Crippen molar-refractivity contribution in [3.8, 4) is 0 Å². The SMILES string of the molecule is Fc1ccc(Br)cc1CNCCCCCCI. The number of rotatable bonds is 8. The lowest BCUT2D eigenvalue weighted by atomic mass is 10.2. The van der Waals surface area contributed by atoms with Gasteiger partial charge in [0.15, 0.2) is 0 Å². The number of nitrogens with one attached hydrogen (secondary N) is 1. The number of halogens is 3. The van der Waals surface area contributed by atoms with Crippen LogP contribution in [0.4, 0.5) is 4.39 Å². The van der Waals surface area contributed by atoms with Crippen LogP contribution in [0.1, 0.15) is 31.2 Å². The summed E-state index contributed by atoms with van der Waals surface area (Å²) in [5.41, 5.74) is 0.728. The van der Waals surface area contributed by atoms with Crippen molar-refractivity contribution in [2.45, 2.75) is 32.2 Å². The van der Waals surface area contributed by atoms with Gasteiger partial charge in [-0.2, -0.15) is 0 Å². The molecule has 17 heavy (non-hydrogen) atoms. The predicted molar refractivity (Wildman–Crippen MR) is 83.2 cm³/mol. The molecule has 1 rings (SSSR count). The second-order valence-electron chi connectivity index (χ2n) is 4.02. The highest BCUT2D eigenvalue weighted by atomic mass is 127. The number of benzene rings is 1. The summed E-state index contributed by atoms with van der Waals surface area (Å²) in [6.07, 6.45) is 5.04. The largest absolute Gasteiger partial charge is 0.313 e. The zero-order valence-corrected chi connectivity index (χ0v) is 13.6. The van der Waals surface area contributed by atoms with E-state index in [0.717, 1.165) is 16.6 Å². The maximum Gasteiger partial charge on any atom is 0.127 e. The van der Waals surface area contributed by atoms with E-state index >= 15 is 0 Å². The van der Waals surface area contributed by atoms with Crippen LogP contribution in [0.15, 0.2) is 22.7 Å². The van der Waals surface area contributed by atoms with Crippen LogP contribution in [0.2, 0.25) is 0 Å². The highest BCUT2D eigenvalue weighted by Crippen LogP contribution is 2.15. The molecule has 4 heteroatoms. The van der Waals surface area contributed by atoms with Gasteiger partial charge < -0.3 is 5.32 Å². The Morgan fingerprint density at radius 2 is 1.94 bits per heavy atom. The van der Waals surface area contributed by atoms with E-state index in [1.165, 1.54) is 36.2 Å². The molecular formula is C13H18BrFIN. The van der Waals surface area contributed by atoms with E-state index in [4.69, 9.17) is 0 Å². The van der Waals surface area contributed by atoms with E-state index in [-0.39, 0.29) is 5.82 Å². The number of hydrogen-bond acceptors (Lipinski definition) is 1. The van der Waals surface area contributed by atoms with Gasteiger partial charge in [0.2, 0.25) is 0 Å². The van der Waals surface area contributed by atoms with Crippen molar-refractivity contribution in [2.24, 2.45) is 0 Å². The molecule has 1 N–H and O–H groups in total. The lowest BCUT2D eigenvalue weighted by molar-refractivity contribution is 0.568. The average molecular weight is 414 g/mol. The van der Waals surface area contributed by atoms with E-state index in [1.54, 1.807) is 6.07 Å². The van der Waals surface area contributed by atoms with E-state index in [2.05, 4.69) is 43.8 Å². The third kappa shape index (κ3) is 6.72. The summed E-state index contributed by atoms with van der Waals surface area (Å²) in [7, 11) is 0. The molecule has 0 fully saturated rings. The Hall–Kier alpha value is 0.320. The van der Waals surface area contributed by atoms with E-state index < -0.39 is 0 Å². The third-order valence-electron chi connectivity index (χ3n) is 2.56. The molecule has 0 aliphatic carbocycles. The van der Waals surface area contributed by atoms with Crippen LogP contribution in [-0.4, -0.2) is 11.0 Å². The van der Waals surface area contributed by atoms with Crippen LogP contribution in [0.3, 0.4) is 0 Å². The normalized spacial score (nSPS) is 10.8. The van der Waals surface area contributed by atoms with Crippen molar-refractivity contribution < 1.29 is 4.39 Å². The maximum atomic E-state index is 13.4. The first-order chi connectivity index (χ1) is 8.24. The molecule has 0 atom stereocenters. The highest BCUT2D eigenvalue weighted by Gasteiger charge is 2.01. The lowest BCUT2D eigenvalue weighted by Crippen LogP contribution is -2.15. The first-order valence-electron chi connectivity index (χ1n) is 5.94.